The number of methoxy groups -OCH3 is 1. The molecule has 22 heavy (non-hydrogen) atoms. The summed E-state index contributed by atoms with van der Waals surface area (Å²) in [6, 6.07) is 9.29. The Balaban J connectivity index is 2.17. The molecule has 0 N–H and O–H groups in total. The highest BCUT2D eigenvalue weighted by Crippen LogP contribution is 2.31. The fourth-order valence-electron chi connectivity index (χ4n) is 2.46. The number of rotatable bonds is 6. The predicted molar refractivity (Wildman–Crippen MR) is 95.3 cm³/mol. The minimum absolute atomic E-state index is 0.154. The van der Waals surface area contributed by atoms with Gasteiger partial charge in [-0.25, -0.2) is 0 Å². The number of thiol groups is 1. The van der Waals surface area contributed by atoms with Gasteiger partial charge in [-0.2, -0.15) is 0 Å². The zero-order chi connectivity index (χ0) is 15.9. The summed E-state index contributed by atoms with van der Waals surface area (Å²) in [5.74, 6) is 0. The summed E-state index contributed by atoms with van der Waals surface area (Å²) in [4.78, 5) is 2.89. The molecule has 1 aromatic carbocycles. The van der Waals surface area contributed by atoms with E-state index in [4.69, 9.17) is 19.7 Å². The monoisotopic (exact) mass is 435 g/mol. The van der Waals surface area contributed by atoms with E-state index in [1.807, 2.05) is 30.3 Å². The number of hydrogen-bond donors (Lipinski definition) is 1. The van der Waals surface area contributed by atoms with Gasteiger partial charge in [0, 0.05) is 16.4 Å². The second-order valence-corrected chi connectivity index (χ2v) is 6.27. The first kappa shape index (κ1) is 17.8. The van der Waals surface area contributed by atoms with Crippen LogP contribution in [0, 0.1) is 0 Å². The second kappa shape index (κ2) is 8.95. The van der Waals surface area contributed by atoms with Crippen LogP contribution in [-0.2, 0) is 20.8 Å². The van der Waals surface area contributed by atoms with Gasteiger partial charge in [-0.3, -0.25) is 0 Å². The van der Waals surface area contributed by atoms with E-state index in [1.54, 1.807) is 7.11 Å². The van der Waals surface area contributed by atoms with E-state index in [0.29, 0.717) is 6.61 Å². The highest BCUT2D eigenvalue weighted by atomic mass is 127. The molecule has 1 heterocycles. The number of hydrogen-bond acceptors (Lipinski definition) is 5. The number of benzene rings is 1. The molecule has 1 aliphatic rings. The number of alkyl halides is 1. The highest BCUT2D eigenvalue weighted by molar-refractivity contribution is 14.1. The minimum atomic E-state index is -0.541. The van der Waals surface area contributed by atoms with E-state index in [2.05, 4.69) is 45.2 Å². The molecule has 0 aliphatic carbocycles. The number of ether oxygens (including phenoxy) is 3. The summed E-state index contributed by atoms with van der Waals surface area (Å²) < 4.78 is 18.1. The van der Waals surface area contributed by atoms with Crippen LogP contribution in [0.2, 0.25) is 0 Å². The summed E-state index contributed by atoms with van der Waals surface area (Å²) in [5, 5.41) is 3.80. The van der Waals surface area contributed by atoms with Crippen LogP contribution in [-0.4, -0.2) is 41.3 Å². The van der Waals surface area contributed by atoms with Gasteiger partial charge >= 0.3 is 0 Å². The average Bonchev–Trinajstić information content (AvgIpc) is 2.55. The van der Waals surface area contributed by atoms with Gasteiger partial charge in [-0.05, 0) is 11.1 Å². The Kier molecular flexibility index (Phi) is 7.26. The van der Waals surface area contributed by atoms with E-state index in [9.17, 15) is 0 Å². The molecule has 1 aromatic rings. The molecule has 0 aromatic heterocycles. The lowest BCUT2D eigenvalue weighted by Crippen LogP contribution is -2.57. The molecule has 1 saturated heterocycles. The van der Waals surface area contributed by atoms with Crippen LogP contribution in [0.3, 0.4) is 0 Å². The second-order valence-electron chi connectivity index (χ2n) is 4.88. The topological polar surface area (TPSA) is 76.5 Å². The lowest BCUT2D eigenvalue weighted by Gasteiger charge is -2.42. The first-order chi connectivity index (χ1) is 10.7. The van der Waals surface area contributed by atoms with Gasteiger partial charge in [0.05, 0.1) is 18.8 Å². The quantitative estimate of drug-likeness (QED) is 0.186. The maximum atomic E-state index is 8.79. The predicted octanol–water partition coefficient (Wildman–Crippen LogP) is 3.36. The van der Waals surface area contributed by atoms with E-state index < -0.39 is 17.6 Å². The Hall–Kier alpha value is -0.510. The first-order valence-corrected chi connectivity index (χ1v) is 8.87. The molecule has 2 rings (SSSR count). The van der Waals surface area contributed by atoms with Crippen molar-refractivity contribution in [1.29, 1.82) is 0 Å². The fourth-order valence-corrected chi connectivity index (χ4v) is 3.55. The van der Waals surface area contributed by atoms with Crippen LogP contribution in [0.1, 0.15) is 5.56 Å². The van der Waals surface area contributed by atoms with Gasteiger partial charge in [0.2, 0.25) is 0 Å². The Labute approximate surface area is 148 Å². The molecule has 8 heteroatoms. The standard InChI is InChI=1S/C14H18IN3O3S/c1-19-12-10(7-15)21-14(22)11(17-18-16)13(12)20-8-9-5-3-2-4-6-9/h2-6,10-14,22H,7-8H2,1H3/t10-,11-,12-,13-,14-/m1/s1. The summed E-state index contributed by atoms with van der Waals surface area (Å²) >= 11 is 6.63. The van der Waals surface area contributed by atoms with Crippen molar-refractivity contribution in [3.63, 3.8) is 0 Å². The molecule has 0 saturated carbocycles. The lowest BCUT2D eigenvalue weighted by molar-refractivity contribution is -0.178. The minimum Gasteiger partial charge on any atom is -0.376 e. The Morgan fingerprint density at radius 3 is 2.68 bits per heavy atom. The third-order valence-corrected chi connectivity index (χ3v) is 4.82. The van der Waals surface area contributed by atoms with Crippen LogP contribution in [0.25, 0.3) is 10.4 Å². The van der Waals surface area contributed by atoms with E-state index in [0.717, 1.165) is 9.99 Å². The van der Waals surface area contributed by atoms with Crippen LogP contribution in [0.4, 0.5) is 0 Å². The Morgan fingerprint density at radius 1 is 1.36 bits per heavy atom. The van der Waals surface area contributed by atoms with E-state index in [-0.39, 0.29) is 12.2 Å². The van der Waals surface area contributed by atoms with Gasteiger partial charge in [-0.15, -0.1) is 12.6 Å². The maximum absolute atomic E-state index is 8.79. The van der Waals surface area contributed by atoms with Crippen molar-refractivity contribution in [2.24, 2.45) is 5.11 Å². The zero-order valence-electron chi connectivity index (χ0n) is 12.1. The third kappa shape index (κ3) is 4.27. The van der Waals surface area contributed by atoms with Gasteiger partial charge in [0.15, 0.2) is 0 Å². The van der Waals surface area contributed by atoms with Crippen molar-refractivity contribution in [1.82, 2.24) is 0 Å². The Bertz CT molecular complexity index is 515. The van der Waals surface area contributed by atoms with Crippen LogP contribution in [0.15, 0.2) is 35.4 Å². The molecular weight excluding hydrogens is 417 g/mol. The average molecular weight is 435 g/mol. The number of azide groups is 1. The largest absolute Gasteiger partial charge is 0.376 e. The number of halogens is 1. The van der Waals surface area contributed by atoms with Crippen LogP contribution < -0.4 is 0 Å². The maximum Gasteiger partial charge on any atom is 0.112 e. The Morgan fingerprint density at radius 2 is 2.09 bits per heavy atom. The summed E-state index contributed by atoms with van der Waals surface area (Å²) in [6.07, 6.45) is -0.865. The molecule has 0 radical (unpaired) electrons. The summed E-state index contributed by atoms with van der Waals surface area (Å²) in [6.45, 7) is 0.414. The fraction of sp³-hybridized carbons (Fsp3) is 0.571. The summed E-state index contributed by atoms with van der Waals surface area (Å²) in [5.41, 5.74) is 9.33. The van der Waals surface area contributed by atoms with Crippen molar-refractivity contribution < 1.29 is 14.2 Å². The number of nitrogens with zero attached hydrogens (tertiary/aromatic N) is 3. The molecule has 0 unspecified atom stereocenters. The molecule has 6 nitrogen and oxygen atoms in total. The van der Waals surface area contributed by atoms with E-state index in [1.165, 1.54) is 0 Å². The van der Waals surface area contributed by atoms with Crippen molar-refractivity contribution in [2.45, 2.75) is 36.4 Å². The molecule has 1 aliphatic heterocycles. The molecule has 120 valence electrons. The van der Waals surface area contributed by atoms with Crippen molar-refractivity contribution in [2.75, 3.05) is 11.5 Å². The third-order valence-electron chi connectivity index (χ3n) is 3.53. The van der Waals surface area contributed by atoms with Crippen LogP contribution >= 0.6 is 35.2 Å². The van der Waals surface area contributed by atoms with E-state index >= 15 is 0 Å². The normalized spacial score (nSPS) is 31.5. The first-order valence-electron chi connectivity index (χ1n) is 6.83. The summed E-state index contributed by atoms with van der Waals surface area (Å²) in [7, 11) is 1.61. The highest BCUT2D eigenvalue weighted by Gasteiger charge is 2.45. The SMILES string of the molecule is CO[C@H]1[C@H](OCc2ccccc2)[C@@H](N=[N+]=[N-])[C@@H](S)O[C@@H]1CI. The smallest absolute Gasteiger partial charge is 0.112 e. The van der Waals surface area contributed by atoms with Gasteiger partial charge in [-0.1, -0.05) is 58.0 Å². The molecule has 0 bridgehead atoms. The lowest BCUT2D eigenvalue weighted by atomic mass is 9.98. The zero-order valence-corrected chi connectivity index (χ0v) is 15.1. The van der Waals surface area contributed by atoms with Crippen molar-refractivity contribution >= 4 is 35.2 Å². The van der Waals surface area contributed by atoms with Crippen molar-refractivity contribution in [3.8, 4) is 0 Å². The molecule has 0 spiro atoms. The van der Waals surface area contributed by atoms with Gasteiger partial charge in [0.1, 0.15) is 17.6 Å². The molecule has 5 atom stereocenters. The van der Waals surface area contributed by atoms with Gasteiger partial charge in [0.25, 0.3) is 0 Å². The van der Waals surface area contributed by atoms with Gasteiger partial charge < -0.3 is 14.2 Å². The van der Waals surface area contributed by atoms with Crippen molar-refractivity contribution in [3.05, 3.63) is 46.3 Å². The molecular formula is C14H18IN3O3S. The molecule has 1 fully saturated rings. The van der Waals surface area contributed by atoms with Crippen LogP contribution in [0.5, 0.6) is 0 Å². The molecule has 0 amide bonds.